The van der Waals surface area contributed by atoms with Crippen molar-refractivity contribution in [3.05, 3.63) is 47.8 Å². The van der Waals surface area contributed by atoms with Crippen molar-refractivity contribution in [2.24, 2.45) is 0 Å². The van der Waals surface area contributed by atoms with Crippen molar-refractivity contribution in [2.75, 3.05) is 20.3 Å². The summed E-state index contributed by atoms with van der Waals surface area (Å²) in [5.74, 6) is -0.152. The van der Waals surface area contributed by atoms with Crippen LogP contribution < -0.4 is 5.32 Å². The maximum absolute atomic E-state index is 13.9. The van der Waals surface area contributed by atoms with E-state index < -0.39 is 0 Å². The highest BCUT2D eigenvalue weighted by Crippen LogP contribution is 2.29. The average molecular weight is 289 g/mol. The quantitative estimate of drug-likeness (QED) is 0.725. The Hall–Kier alpha value is -1.45. The third-order valence-electron chi connectivity index (χ3n) is 3.76. The molecule has 0 saturated carbocycles. The highest BCUT2D eigenvalue weighted by atomic mass is 19.1. The highest BCUT2D eigenvalue weighted by molar-refractivity contribution is 5.86. The van der Waals surface area contributed by atoms with Crippen LogP contribution in [0, 0.1) is 5.82 Å². The Labute approximate surface area is 126 Å². The molecule has 0 heterocycles. The smallest absolute Gasteiger partial charge is 0.131 e. The van der Waals surface area contributed by atoms with Crippen molar-refractivity contribution in [1.29, 1.82) is 0 Å². The van der Waals surface area contributed by atoms with E-state index in [2.05, 4.69) is 12.2 Å². The number of ether oxygens (including phenoxy) is 1. The van der Waals surface area contributed by atoms with Crippen LogP contribution in [0.2, 0.25) is 0 Å². The van der Waals surface area contributed by atoms with Crippen LogP contribution in [0.4, 0.5) is 4.39 Å². The van der Waals surface area contributed by atoms with E-state index in [1.165, 1.54) is 5.56 Å². The second-order valence-corrected chi connectivity index (χ2v) is 5.32. The van der Waals surface area contributed by atoms with Gasteiger partial charge in [-0.15, -0.1) is 0 Å². The zero-order valence-electron chi connectivity index (χ0n) is 12.9. The van der Waals surface area contributed by atoms with Crippen LogP contribution in [0.5, 0.6) is 0 Å². The minimum atomic E-state index is -0.152. The van der Waals surface area contributed by atoms with Gasteiger partial charge in [0, 0.05) is 25.1 Å². The van der Waals surface area contributed by atoms with Gasteiger partial charge in [-0.2, -0.15) is 0 Å². The Morgan fingerprint density at radius 1 is 1.14 bits per heavy atom. The van der Waals surface area contributed by atoms with Gasteiger partial charge in [0.25, 0.3) is 0 Å². The molecule has 2 rings (SSSR count). The molecule has 1 atom stereocenters. The third-order valence-corrected chi connectivity index (χ3v) is 3.76. The predicted octanol–water partition coefficient (Wildman–Crippen LogP) is 4.45. The van der Waals surface area contributed by atoms with Gasteiger partial charge in [0.05, 0.1) is 0 Å². The summed E-state index contributed by atoms with van der Waals surface area (Å²) in [5.41, 5.74) is 1.18. The van der Waals surface area contributed by atoms with Crippen LogP contribution in [0.1, 0.15) is 37.8 Å². The Balaban J connectivity index is 2.32. The molecule has 0 aliphatic heterocycles. The van der Waals surface area contributed by atoms with Crippen molar-refractivity contribution in [1.82, 2.24) is 5.32 Å². The SMILES string of the molecule is CCCNC(CCCOC)c1ccc(F)c2ccccc12. The molecular weight excluding hydrogens is 265 g/mol. The summed E-state index contributed by atoms with van der Waals surface area (Å²) < 4.78 is 19.1. The standard InChI is InChI=1S/C18H24FNO/c1-3-12-20-18(9-6-13-21-2)16-10-11-17(19)15-8-5-4-7-14(15)16/h4-5,7-8,10-11,18,20H,3,6,9,12-13H2,1-2H3. The van der Waals surface area contributed by atoms with Gasteiger partial charge in [0.1, 0.15) is 5.82 Å². The van der Waals surface area contributed by atoms with E-state index in [1.54, 1.807) is 13.2 Å². The van der Waals surface area contributed by atoms with E-state index in [9.17, 15) is 4.39 Å². The van der Waals surface area contributed by atoms with Gasteiger partial charge in [0.2, 0.25) is 0 Å². The molecule has 0 aliphatic rings. The lowest BCUT2D eigenvalue weighted by Gasteiger charge is -2.21. The van der Waals surface area contributed by atoms with Crippen molar-refractivity contribution >= 4 is 10.8 Å². The fourth-order valence-corrected chi connectivity index (χ4v) is 2.71. The molecule has 2 nitrogen and oxygen atoms in total. The van der Waals surface area contributed by atoms with Crippen LogP contribution in [-0.2, 0) is 4.74 Å². The minimum absolute atomic E-state index is 0.152. The molecule has 21 heavy (non-hydrogen) atoms. The van der Waals surface area contributed by atoms with Crippen molar-refractivity contribution in [3.63, 3.8) is 0 Å². The van der Waals surface area contributed by atoms with Crippen LogP contribution in [0.25, 0.3) is 10.8 Å². The molecule has 2 aromatic carbocycles. The molecule has 2 aromatic rings. The molecule has 0 spiro atoms. The average Bonchev–Trinajstić information content (AvgIpc) is 2.52. The maximum Gasteiger partial charge on any atom is 0.131 e. The molecule has 114 valence electrons. The second kappa shape index (κ2) is 8.11. The number of methoxy groups -OCH3 is 1. The summed E-state index contributed by atoms with van der Waals surface area (Å²) in [5, 5.41) is 5.28. The minimum Gasteiger partial charge on any atom is -0.385 e. The Bertz CT molecular complexity index is 570. The summed E-state index contributed by atoms with van der Waals surface area (Å²) in [7, 11) is 1.72. The number of rotatable bonds is 8. The third kappa shape index (κ3) is 4.02. The van der Waals surface area contributed by atoms with E-state index in [-0.39, 0.29) is 11.9 Å². The Morgan fingerprint density at radius 2 is 1.90 bits per heavy atom. The largest absolute Gasteiger partial charge is 0.385 e. The Morgan fingerprint density at radius 3 is 2.62 bits per heavy atom. The molecule has 0 bridgehead atoms. The summed E-state index contributed by atoms with van der Waals surface area (Å²) in [4.78, 5) is 0. The van der Waals surface area contributed by atoms with Gasteiger partial charge < -0.3 is 10.1 Å². The lowest BCUT2D eigenvalue weighted by molar-refractivity contribution is 0.189. The van der Waals surface area contributed by atoms with Gasteiger partial charge in [-0.3, -0.25) is 0 Å². The number of nitrogens with one attached hydrogen (secondary N) is 1. The van der Waals surface area contributed by atoms with Crippen molar-refractivity contribution in [2.45, 2.75) is 32.2 Å². The lowest BCUT2D eigenvalue weighted by atomic mass is 9.95. The Kier molecular flexibility index (Phi) is 6.15. The fraction of sp³-hybridized carbons (Fsp3) is 0.444. The first kappa shape index (κ1) is 15.9. The lowest BCUT2D eigenvalue weighted by Crippen LogP contribution is -2.22. The number of fused-ring (bicyclic) bond motifs is 1. The molecule has 0 saturated heterocycles. The number of hydrogen-bond acceptors (Lipinski definition) is 2. The number of hydrogen-bond donors (Lipinski definition) is 1. The molecule has 0 aromatic heterocycles. The molecule has 0 amide bonds. The first-order valence-electron chi connectivity index (χ1n) is 7.67. The fourth-order valence-electron chi connectivity index (χ4n) is 2.71. The molecule has 3 heteroatoms. The van der Waals surface area contributed by atoms with Gasteiger partial charge in [0.15, 0.2) is 0 Å². The van der Waals surface area contributed by atoms with Crippen LogP contribution in [0.15, 0.2) is 36.4 Å². The molecule has 1 N–H and O–H groups in total. The monoisotopic (exact) mass is 289 g/mol. The van der Waals surface area contributed by atoms with E-state index in [0.29, 0.717) is 5.39 Å². The summed E-state index contributed by atoms with van der Waals surface area (Å²) >= 11 is 0. The summed E-state index contributed by atoms with van der Waals surface area (Å²) in [6, 6.07) is 11.4. The molecule has 0 fully saturated rings. The van der Waals surface area contributed by atoms with Crippen molar-refractivity contribution < 1.29 is 9.13 Å². The maximum atomic E-state index is 13.9. The van der Waals surface area contributed by atoms with E-state index in [4.69, 9.17) is 4.74 Å². The first-order valence-corrected chi connectivity index (χ1v) is 7.67. The van der Waals surface area contributed by atoms with Gasteiger partial charge >= 0.3 is 0 Å². The zero-order valence-corrected chi connectivity index (χ0v) is 12.9. The van der Waals surface area contributed by atoms with E-state index in [0.717, 1.165) is 37.8 Å². The first-order chi connectivity index (χ1) is 10.3. The van der Waals surface area contributed by atoms with E-state index >= 15 is 0 Å². The summed E-state index contributed by atoms with van der Waals surface area (Å²) in [6.45, 7) is 3.87. The van der Waals surface area contributed by atoms with Gasteiger partial charge in [-0.05, 0) is 42.8 Å². The number of halogens is 1. The van der Waals surface area contributed by atoms with Crippen LogP contribution in [-0.4, -0.2) is 20.3 Å². The van der Waals surface area contributed by atoms with Gasteiger partial charge in [-0.1, -0.05) is 37.3 Å². The number of benzene rings is 2. The molecule has 0 aliphatic carbocycles. The van der Waals surface area contributed by atoms with Crippen molar-refractivity contribution in [3.8, 4) is 0 Å². The summed E-state index contributed by atoms with van der Waals surface area (Å²) in [6.07, 6.45) is 3.06. The normalized spacial score (nSPS) is 12.7. The topological polar surface area (TPSA) is 21.3 Å². The zero-order chi connectivity index (χ0) is 15.1. The van der Waals surface area contributed by atoms with Crippen LogP contribution in [0.3, 0.4) is 0 Å². The molecular formula is C18H24FNO. The van der Waals surface area contributed by atoms with Crippen LogP contribution >= 0.6 is 0 Å². The highest BCUT2D eigenvalue weighted by Gasteiger charge is 2.15. The molecule has 0 radical (unpaired) electrons. The second-order valence-electron chi connectivity index (χ2n) is 5.32. The predicted molar refractivity (Wildman–Crippen MR) is 86.1 cm³/mol. The van der Waals surface area contributed by atoms with E-state index in [1.807, 2.05) is 30.3 Å². The molecule has 1 unspecified atom stereocenters. The van der Waals surface area contributed by atoms with Gasteiger partial charge in [-0.25, -0.2) is 4.39 Å².